The molecular weight excluding hydrogens is 514 g/mol. The summed E-state index contributed by atoms with van der Waals surface area (Å²) >= 11 is 0. The second kappa shape index (κ2) is 11.9. The lowest BCUT2D eigenvalue weighted by Crippen LogP contribution is -2.46. The van der Waals surface area contributed by atoms with Gasteiger partial charge in [-0.15, -0.1) is 0 Å². The molecule has 1 heterocycles. The molecule has 39 heavy (non-hydrogen) atoms. The Morgan fingerprint density at radius 1 is 0.897 bits per heavy atom. The van der Waals surface area contributed by atoms with Gasteiger partial charge in [0.2, 0.25) is 0 Å². The predicted octanol–water partition coefficient (Wildman–Crippen LogP) is 5.75. The van der Waals surface area contributed by atoms with Crippen LogP contribution in [0.3, 0.4) is 0 Å². The molecule has 1 N–H and O–H groups in total. The van der Waals surface area contributed by atoms with Gasteiger partial charge < -0.3 is 19.5 Å². The number of ether oxygens (including phenoxy) is 2. The molecule has 0 aromatic heterocycles. The van der Waals surface area contributed by atoms with Crippen LogP contribution in [0.25, 0.3) is 10.8 Å². The first-order valence-corrected chi connectivity index (χ1v) is 14.6. The predicted molar refractivity (Wildman–Crippen MR) is 150 cm³/mol. The second-order valence-corrected chi connectivity index (χ2v) is 11.8. The standard InChI is InChI=1S/C31H31NO6S/c33-31(34)32-17-16-29(30(21-32)38-22-23-10-11-24-6-4-5-7-26(24)20-23)25-12-14-27(15-13-25)37-18-19-39(35,36)28-8-2-1-3-9-28/h1-15,20,29-30H,16-19,21-22H2,(H,33,34). The summed E-state index contributed by atoms with van der Waals surface area (Å²) in [6, 6.07) is 30.3. The third-order valence-electron chi connectivity index (χ3n) is 7.14. The zero-order chi connectivity index (χ0) is 27.2. The number of sulfone groups is 1. The maximum Gasteiger partial charge on any atom is 0.407 e. The highest BCUT2D eigenvalue weighted by molar-refractivity contribution is 7.91. The van der Waals surface area contributed by atoms with E-state index in [1.165, 1.54) is 4.90 Å². The summed E-state index contributed by atoms with van der Waals surface area (Å²) in [5, 5.41) is 11.9. The molecule has 2 atom stereocenters. The maximum atomic E-state index is 12.5. The number of rotatable bonds is 9. The normalized spacial score (nSPS) is 17.7. The molecule has 1 aliphatic rings. The van der Waals surface area contributed by atoms with E-state index in [0.29, 0.717) is 31.9 Å². The Hall–Kier alpha value is -3.88. The summed E-state index contributed by atoms with van der Waals surface area (Å²) in [5.41, 5.74) is 2.07. The van der Waals surface area contributed by atoms with Crippen molar-refractivity contribution in [2.45, 2.75) is 29.9 Å². The third kappa shape index (κ3) is 6.58. The molecule has 4 aromatic carbocycles. The average Bonchev–Trinajstić information content (AvgIpc) is 2.96. The van der Waals surface area contributed by atoms with Crippen LogP contribution >= 0.6 is 0 Å². The molecule has 7 nitrogen and oxygen atoms in total. The van der Waals surface area contributed by atoms with E-state index in [-0.39, 0.29) is 29.3 Å². The molecule has 1 saturated heterocycles. The molecule has 1 fully saturated rings. The van der Waals surface area contributed by atoms with E-state index < -0.39 is 15.9 Å². The highest BCUT2D eigenvalue weighted by Crippen LogP contribution is 2.32. The Bertz CT molecular complexity index is 1520. The lowest BCUT2D eigenvalue weighted by Gasteiger charge is -2.37. The fourth-order valence-corrected chi connectivity index (χ4v) is 6.11. The topological polar surface area (TPSA) is 93.1 Å². The minimum Gasteiger partial charge on any atom is -0.493 e. The Morgan fingerprint density at radius 3 is 2.36 bits per heavy atom. The largest absolute Gasteiger partial charge is 0.493 e. The molecule has 202 valence electrons. The van der Waals surface area contributed by atoms with Crippen molar-refractivity contribution in [1.29, 1.82) is 0 Å². The quantitative estimate of drug-likeness (QED) is 0.288. The number of hydrogen-bond donors (Lipinski definition) is 1. The van der Waals surface area contributed by atoms with Gasteiger partial charge in [0.15, 0.2) is 9.84 Å². The Kier molecular flexibility index (Phi) is 8.14. The van der Waals surface area contributed by atoms with Gasteiger partial charge in [-0.3, -0.25) is 0 Å². The lowest BCUT2D eigenvalue weighted by molar-refractivity contribution is -0.0199. The number of amides is 1. The fraction of sp³-hybridized carbons (Fsp3) is 0.258. The van der Waals surface area contributed by atoms with E-state index in [4.69, 9.17) is 9.47 Å². The summed E-state index contributed by atoms with van der Waals surface area (Å²) in [6.07, 6.45) is -0.601. The van der Waals surface area contributed by atoms with Crippen molar-refractivity contribution in [3.05, 3.63) is 108 Å². The van der Waals surface area contributed by atoms with Gasteiger partial charge >= 0.3 is 6.09 Å². The van der Waals surface area contributed by atoms with Crippen molar-refractivity contribution >= 4 is 26.7 Å². The van der Waals surface area contributed by atoms with E-state index in [2.05, 4.69) is 24.3 Å². The Balaban J connectivity index is 1.23. The zero-order valence-corrected chi connectivity index (χ0v) is 22.3. The van der Waals surface area contributed by atoms with Crippen LogP contribution in [0.15, 0.2) is 102 Å². The van der Waals surface area contributed by atoms with Crippen molar-refractivity contribution in [3.63, 3.8) is 0 Å². The maximum absolute atomic E-state index is 12.5. The molecule has 1 aliphatic heterocycles. The van der Waals surface area contributed by atoms with Gasteiger partial charge in [0.05, 0.1) is 29.9 Å². The van der Waals surface area contributed by atoms with Crippen LogP contribution in [0, 0.1) is 0 Å². The highest BCUT2D eigenvalue weighted by atomic mass is 32.2. The highest BCUT2D eigenvalue weighted by Gasteiger charge is 2.33. The van der Waals surface area contributed by atoms with Crippen LogP contribution in [0.5, 0.6) is 5.75 Å². The number of hydrogen-bond acceptors (Lipinski definition) is 5. The van der Waals surface area contributed by atoms with E-state index in [1.54, 1.807) is 30.3 Å². The van der Waals surface area contributed by atoms with Crippen LogP contribution in [-0.2, 0) is 21.2 Å². The van der Waals surface area contributed by atoms with Crippen molar-refractivity contribution in [2.75, 3.05) is 25.4 Å². The van der Waals surface area contributed by atoms with Crippen LogP contribution < -0.4 is 4.74 Å². The SMILES string of the molecule is O=C(O)N1CCC(c2ccc(OCCS(=O)(=O)c3ccccc3)cc2)C(OCc2ccc3ccccc3c2)C1. The summed E-state index contributed by atoms with van der Waals surface area (Å²) in [5.74, 6) is 0.490. The number of piperidine rings is 1. The average molecular weight is 546 g/mol. The number of benzene rings is 4. The summed E-state index contributed by atoms with van der Waals surface area (Å²) < 4.78 is 37.0. The van der Waals surface area contributed by atoms with Gasteiger partial charge in [-0.1, -0.05) is 66.7 Å². The van der Waals surface area contributed by atoms with Crippen LogP contribution in [0.4, 0.5) is 4.79 Å². The van der Waals surface area contributed by atoms with Crippen molar-refractivity contribution < 1.29 is 27.8 Å². The van der Waals surface area contributed by atoms with Gasteiger partial charge in [-0.2, -0.15) is 0 Å². The molecule has 4 aromatic rings. The van der Waals surface area contributed by atoms with E-state index in [0.717, 1.165) is 21.9 Å². The molecule has 0 radical (unpaired) electrons. The number of likely N-dealkylation sites (tertiary alicyclic amines) is 1. The number of carboxylic acid groups (broad SMARTS) is 1. The van der Waals surface area contributed by atoms with E-state index in [9.17, 15) is 18.3 Å². The molecule has 0 spiro atoms. The third-order valence-corrected chi connectivity index (χ3v) is 8.83. The molecule has 0 aliphatic carbocycles. The molecule has 2 unspecified atom stereocenters. The van der Waals surface area contributed by atoms with Gasteiger partial charge in [0.25, 0.3) is 0 Å². The number of nitrogens with zero attached hydrogens (tertiary/aromatic N) is 1. The van der Waals surface area contributed by atoms with Gasteiger partial charge in [-0.05, 0) is 58.7 Å². The number of carbonyl (C=O) groups is 1. The smallest absolute Gasteiger partial charge is 0.407 e. The first-order chi connectivity index (χ1) is 18.9. The van der Waals surface area contributed by atoms with Crippen LogP contribution in [0.2, 0.25) is 0 Å². The van der Waals surface area contributed by atoms with Crippen molar-refractivity contribution in [1.82, 2.24) is 4.90 Å². The van der Waals surface area contributed by atoms with Gasteiger partial charge in [0, 0.05) is 12.5 Å². The molecule has 0 saturated carbocycles. The minimum absolute atomic E-state index is 0.0218. The first-order valence-electron chi connectivity index (χ1n) is 13.0. The fourth-order valence-electron chi connectivity index (χ4n) is 5.00. The molecule has 5 rings (SSSR count). The zero-order valence-electron chi connectivity index (χ0n) is 21.5. The molecule has 1 amide bonds. The van der Waals surface area contributed by atoms with E-state index in [1.807, 2.05) is 42.5 Å². The molecule has 8 heteroatoms. The summed E-state index contributed by atoms with van der Waals surface area (Å²) in [7, 11) is -3.41. The van der Waals surface area contributed by atoms with Gasteiger partial charge in [-0.25, -0.2) is 13.2 Å². The van der Waals surface area contributed by atoms with Crippen LogP contribution in [-0.4, -0.2) is 56.1 Å². The Labute approximate surface area is 228 Å². The molecular formula is C31H31NO6S. The summed E-state index contributed by atoms with van der Waals surface area (Å²) in [6.45, 7) is 1.16. The minimum atomic E-state index is -3.41. The van der Waals surface area contributed by atoms with Crippen molar-refractivity contribution in [2.24, 2.45) is 0 Å². The first kappa shape index (κ1) is 26.7. The van der Waals surface area contributed by atoms with Crippen LogP contribution in [0.1, 0.15) is 23.5 Å². The Morgan fingerprint density at radius 2 is 1.62 bits per heavy atom. The monoisotopic (exact) mass is 545 g/mol. The molecule has 0 bridgehead atoms. The summed E-state index contributed by atoms with van der Waals surface area (Å²) in [4.78, 5) is 13.4. The van der Waals surface area contributed by atoms with Gasteiger partial charge in [0.1, 0.15) is 12.4 Å². The second-order valence-electron chi connectivity index (χ2n) is 9.70. The lowest BCUT2D eigenvalue weighted by atomic mass is 9.87. The van der Waals surface area contributed by atoms with Crippen molar-refractivity contribution in [3.8, 4) is 5.75 Å². The number of fused-ring (bicyclic) bond motifs is 1. The van der Waals surface area contributed by atoms with E-state index >= 15 is 0 Å².